The summed E-state index contributed by atoms with van der Waals surface area (Å²) in [6.45, 7) is 5.73. The number of furan rings is 1. The summed E-state index contributed by atoms with van der Waals surface area (Å²) in [5.41, 5.74) is 1.54. The van der Waals surface area contributed by atoms with Crippen LogP contribution in [-0.4, -0.2) is 20.4 Å². The highest BCUT2D eigenvalue weighted by molar-refractivity contribution is 5.94. The lowest BCUT2D eigenvalue weighted by atomic mass is 10.1. The summed E-state index contributed by atoms with van der Waals surface area (Å²) in [5.74, 6) is 2.16. The van der Waals surface area contributed by atoms with Crippen LogP contribution in [0.1, 0.15) is 40.4 Å². The van der Waals surface area contributed by atoms with Crippen LogP contribution >= 0.6 is 0 Å². The molecule has 3 aromatic rings. The van der Waals surface area contributed by atoms with Crippen molar-refractivity contribution in [3.63, 3.8) is 0 Å². The molecule has 1 unspecified atom stereocenters. The van der Waals surface area contributed by atoms with Crippen LogP contribution in [0.15, 0.2) is 47.5 Å². The topological polar surface area (TPSA) is 73.0 Å². The van der Waals surface area contributed by atoms with E-state index in [0.29, 0.717) is 11.4 Å². The molecule has 0 fully saturated rings. The van der Waals surface area contributed by atoms with Crippen molar-refractivity contribution in [2.24, 2.45) is 0 Å². The smallest absolute Gasteiger partial charge is 0.251 e. The Hall–Kier alpha value is -2.89. The molecular weight excluding hydrogens is 292 g/mol. The number of nitrogens with one attached hydrogen (secondary N) is 1. The number of hydrogen-bond acceptors (Lipinski definition) is 4. The lowest BCUT2D eigenvalue weighted by Crippen LogP contribution is -2.27. The SMILES string of the molecule is Cc1cc(C(C)NC(=O)c2ccnc(-n3ccnc3)c2)c(C)o1. The van der Waals surface area contributed by atoms with Gasteiger partial charge in [-0.05, 0) is 39.0 Å². The third-order valence-corrected chi connectivity index (χ3v) is 3.67. The van der Waals surface area contributed by atoms with Crippen molar-refractivity contribution in [1.29, 1.82) is 0 Å². The first kappa shape index (κ1) is 15.0. The number of aryl methyl sites for hydroxylation is 2. The molecule has 3 rings (SSSR count). The van der Waals surface area contributed by atoms with Crippen molar-refractivity contribution in [3.05, 3.63) is 65.8 Å². The molecule has 6 heteroatoms. The summed E-state index contributed by atoms with van der Waals surface area (Å²) >= 11 is 0. The average molecular weight is 310 g/mol. The van der Waals surface area contributed by atoms with Crippen molar-refractivity contribution in [2.75, 3.05) is 0 Å². The fourth-order valence-electron chi connectivity index (χ4n) is 2.53. The van der Waals surface area contributed by atoms with E-state index < -0.39 is 0 Å². The van der Waals surface area contributed by atoms with Crippen molar-refractivity contribution in [1.82, 2.24) is 19.9 Å². The van der Waals surface area contributed by atoms with Crippen LogP contribution in [0.3, 0.4) is 0 Å². The van der Waals surface area contributed by atoms with Crippen LogP contribution in [0.2, 0.25) is 0 Å². The maximum absolute atomic E-state index is 12.5. The Morgan fingerprint density at radius 3 is 2.78 bits per heavy atom. The molecule has 0 aliphatic carbocycles. The first-order chi connectivity index (χ1) is 11.0. The zero-order valence-electron chi connectivity index (χ0n) is 13.3. The van der Waals surface area contributed by atoms with Crippen molar-refractivity contribution < 1.29 is 9.21 Å². The number of nitrogens with zero attached hydrogens (tertiary/aromatic N) is 3. The molecule has 118 valence electrons. The van der Waals surface area contributed by atoms with E-state index in [0.717, 1.165) is 17.1 Å². The molecule has 0 aromatic carbocycles. The molecule has 23 heavy (non-hydrogen) atoms. The Labute approximate surface area is 134 Å². The standard InChI is InChI=1S/C17H18N4O2/c1-11-8-15(13(3)23-11)12(2)20-17(22)14-4-5-19-16(9-14)21-7-6-18-10-21/h4-10,12H,1-3H3,(H,20,22). The van der Waals surface area contributed by atoms with E-state index in [-0.39, 0.29) is 11.9 Å². The van der Waals surface area contributed by atoms with Crippen LogP contribution < -0.4 is 5.32 Å². The Bertz CT molecular complexity index is 821. The highest BCUT2D eigenvalue weighted by Gasteiger charge is 2.16. The van der Waals surface area contributed by atoms with Gasteiger partial charge in [-0.3, -0.25) is 9.36 Å². The molecule has 0 saturated heterocycles. The second-order valence-corrected chi connectivity index (χ2v) is 5.44. The quantitative estimate of drug-likeness (QED) is 0.804. The van der Waals surface area contributed by atoms with Gasteiger partial charge in [0.15, 0.2) is 0 Å². The predicted molar refractivity (Wildman–Crippen MR) is 85.4 cm³/mol. The maximum Gasteiger partial charge on any atom is 0.251 e. The fraction of sp³-hybridized carbons (Fsp3) is 0.235. The summed E-state index contributed by atoms with van der Waals surface area (Å²) in [4.78, 5) is 20.7. The zero-order valence-corrected chi connectivity index (χ0v) is 13.3. The van der Waals surface area contributed by atoms with Crippen molar-refractivity contribution >= 4 is 5.91 Å². The van der Waals surface area contributed by atoms with Gasteiger partial charge in [-0.15, -0.1) is 0 Å². The number of carbonyl (C=O) groups excluding carboxylic acids is 1. The number of carbonyl (C=O) groups is 1. The molecule has 0 radical (unpaired) electrons. The first-order valence-corrected chi connectivity index (χ1v) is 7.37. The van der Waals surface area contributed by atoms with Crippen LogP contribution in [-0.2, 0) is 0 Å². The van der Waals surface area contributed by atoms with Crippen LogP contribution in [0, 0.1) is 13.8 Å². The molecular formula is C17H18N4O2. The van der Waals surface area contributed by atoms with Gasteiger partial charge in [-0.25, -0.2) is 9.97 Å². The van der Waals surface area contributed by atoms with Crippen molar-refractivity contribution in [2.45, 2.75) is 26.8 Å². The predicted octanol–water partition coefficient (Wildman–Crippen LogP) is 2.97. The Kier molecular flexibility index (Phi) is 3.97. The van der Waals surface area contributed by atoms with E-state index in [1.54, 1.807) is 41.6 Å². The third kappa shape index (κ3) is 3.15. The Morgan fingerprint density at radius 1 is 1.30 bits per heavy atom. The van der Waals surface area contributed by atoms with E-state index in [1.807, 2.05) is 26.8 Å². The number of rotatable bonds is 4. The number of aromatic nitrogens is 3. The molecule has 6 nitrogen and oxygen atoms in total. The van der Waals surface area contributed by atoms with E-state index in [2.05, 4.69) is 15.3 Å². The summed E-state index contributed by atoms with van der Waals surface area (Å²) in [6, 6.07) is 5.24. The largest absolute Gasteiger partial charge is 0.466 e. The number of hydrogen-bond donors (Lipinski definition) is 1. The fourth-order valence-corrected chi connectivity index (χ4v) is 2.53. The number of imidazole rings is 1. The molecule has 0 aliphatic rings. The van der Waals surface area contributed by atoms with E-state index >= 15 is 0 Å². The summed E-state index contributed by atoms with van der Waals surface area (Å²) in [5, 5.41) is 2.99. The highest BCUT2D eigenvalue weighted by atomic mass is 16.3. The highest BCUT2D eigenvalue weighted by Crippen LogP contribution is 2.21. The van der Waals surface area contributed by atoms with Gasteiger partial charge in [-0.2, -0.15) is 0 Å². The third-order valence-electron chi connectivity index (χ3n) is 3.67. The van der Waals surface area contributed by atoms with Gasteiger partial charge in [0.1, 0.15) is 23.7 Å². The van der Waals surface area contributed by atoms with Gasteiger partial charge in [0.2, 0.25) is 0 Å². The Morgan fingerprint density at radius 2 is 2.13 bits per heavy atom. The van der Waals surface area contributed by atoms with Gasteiger partial charge >= 0.3 is 0 Å². The molecule has 1 amide bonds. The van der Waals surface area contributed by atoms with Crippen LogP contribution in [0.4, 0.5) is 0 Å². The second-order valence-electron chi connectivity index (χ2n) is 5.44. The second kappa shape index (κ2) is 6.08. The van der Waals surface area contributed by atoms with Gasteiger partial charge in [0.05, 0.1) is 6.04 Å². The summed E-state index contributed by atoms with van der Waals surface area (Å²) < 4.78 is 7.27. The number of amides is 1. The minimum Gasteiger partial charge on any atom is -0.466 e. The van der Waals surface area contributed by atoms with Gasteiger partial charge in [0.25, 0.3) is 5.91 Å². The number of pyridine rings is 1. The van der Waals surface area contributed by atoms with Gasteiger partial charge in [0, 0.05) is 29.7 Å². The molecule has 1 atom stereocenters. The molecule has 0 bridgehead atoms. The van der Waals surface area contributed by atoms with E-state index in [4.69, 9.17) is 4.42 Å². The average Bonchev–Trinajstić information content (AvgIpc) is 3.17. The summed E-state index contributed by atoms with van der Waals surface area (Å²) in [6.07, 6.45) is 6.71. The molecule has 3 aromatic heterocycles. The van der Waals surface area contributed by atoms with Crippen molar-refractivity contribution in [3.8, 4) is 5.82 Å². The minimum atomic E-state index is -0.153. The van der Waals surface area contributed by atoms with E-state index in [1.165, 1.54) is 0 Å². The lowest BCUT2D eigenvalue weighted by molar-refractivity contribution is 0.0939. The summed E-state index contributed by atoms with van der Waals surface area (Å²) in [7, 11) is 0. The maximum atomic E-state index is 12.5. The van der Waals surface area contributed by atoms with Crippen LogP contribution in [0.5, 0.6) is 0 Å². The Balaban J connectivity index is 1.78. The van der Waals surface area contributed by atoms with Crippen LogP contribution in [0.25, 0.3) is 5.82 Å². The normalized spacial score (nSPS) is 12.1. The zero-order chi connectivity index (χ0) is 16.4. The van der Waals surface area contributed by atoms with Gasteiger partial charge in [-0.1, -0.05) is 0 Å². The monoisotopic (exact) mass is 310 g/mol. The minimum absolute atomic E-state index is 0.134. The van der Waals surface area contributed by atoms with Gasteiger partial charge < -0.3 is 9.73 Å². The first-order valence-electron chi connectivity index (χ1n) is 7.37. The molecule has 0 saturated carbocycles. The molecule has 0 aliphatic heterocycles. The van der Waals surface area contributed by atoms with E-state index in [9.17, 15) is 4.79 Å². The molecule has 1 N–H and O–H groups in total. The molecule has 0 spiro atoms. The lowest BCUT2D eigenvalue weighted by Gasteiger charge is -2.13. The molecule has 3 heterocycles.